The van der Waals surface area contributed by atoms with Gasteiger partial charge in [-0.15, -0.1) is 0 Å². The summed E-state index contributed by atoms with van der Waals surface area (Å²) < 4.78 is 27.8. The lowest BCUT2D eigenvalue weighted by atomic mass is 10.1. The number of rotatable bonds is 19. The van der Waals surface area contributed by atoms with Crippen molar-refractivity contribution in [2.24, 2.45) is 35.0 Å². The Labute approximate surface area is 454 Å². The number of carbonyl (C=O) groups is 12. The summed E-state index contributed by atoms with van der Waals surface area (Å²) in [6.07, 6.45) is 1.03. The predicted octanol–water partition coefficient (Wildman–Crippen LogP) is -0.195. The Morgan fingerprint density at radius 1 is 0.468 bits per heavy atom. The second-order valence-corrected chi connectivity index (χ2v) is 16.1. The van der Waals surface area contributed by atoms with Gasteiger partial charge in [0.1, 0.15) is 0 Å². The molecule has 0 aromatic heterocycles. The molecule has 2 atom stereocenters. The maximum Gasteiger partial charge on any atom is 0.331 e. The molecule has 0 radical (unpaired) electrons. The van der Waals surface area contributed by atoms with Gasteiger partial charge in [-0.3, -0.25) is 57.5 Å². The van der Waals surface area contributed by atoms with Crippen LogP contribution in [0.5, 0.6) is 0 Å². The van der Waals surface area contributed by atoms with Gasteiger partial charge in [0.05, 0.1) is 59.4 Å². The van der Waals surface area contributed by atoms with E-state index in [-0.39, 0.29) is 76.7 Å². The zero-order valence-corrected chi connectivity index (χ0v) is 44.6. The van der Waals surface area contributed by atoms with Gasteiger partial charge in [-0.05, 0) is 87.7 Å². The molecule has 0 saturated carbocycles. The number of fused-ring (bicyclic) bond motifs is 3. The van der Waals surface area contributed by atoms with Crippen LogP contribution in [0.2, 0.25) is 0 Å². The lowest BCUT2D eigenvalue weighted by Crippen LogP contribution is -2.44. The van der Waals surface area contributed by atoms with Crippen molar-refractivity contribution in [2.75, 3.05) is 98.6 Å². The largest absolute Gasteiger partial charge is 0.468 e. The summed E-state index contributed by atoms with van der Waals surface area (Å²) >= 11 is 0. The number of hydrogen-bond acceptors (Lipinski definition) is 22. The van der Waals surface area contributed by atoms with E-state index in [2.05, 4.69) is 50.8 Å². The zero-order chi connectivity index (χ0) is 59.2. The van der Waals surface area contributed by atoms with Crippen LogP contribution in [-0.2, 0) is 105 Å². The number of nitrogens with one attached hydrogen (secondary N) is 6. The number of carbonyl (C=O) groups excluding carboxylic acids is 12. The van der Waals surface area contributed by atoms with Gasteiger partial charge in [0, 0.05) is 60.3 Å². The van der Waals surface area contributed by atoms with Gasteiger partial charge < -0.3 is 83.3 Å². The van der Waals surface area contributed by atoms with Crippen LogP contribution in [0.1, 0.15) is 51.3 Å². The van der Waals surface area contributed by atoms with Crippen LogP contribution in [0.3, 0.4) is 0 Å². The van der Waals surface area contributed by atoms with Gasteiger partial charge in [-0.1, -0.05) is 18.2 Å². The first kappa shape index (κ1) is 66.1. The third-order valence-electron chi connectivity index (χ3n) is 10.2. The highest BCUT2D eigenvalue weighted by Crippen LogP contribution is 2.28. The Hall–Kier alpha value is -9.02. The van der Waals surface area contributed by atoms with Crippen molar-refractivity contribution in [2.45, 2.75) is 53.9 Å². The molecule has 0 spiro atoms. The highest BCUT2D eigenvalue weighted by atomic mass is 16.6. The monoisotopic (exact) mass is 1110 g/mol. The molecular weight excluding hydrogens is 1040 g/mol. The third kappa shape index (κ3) is 21.5. The van der Waals surface area contributed by atoms with Crippen molar-refractivity contribution in [3.05, 3.63) is 71.3 Å². The molecule has 3 aliphatic rings. The van der Waals surface area contributed by atoms with E-state index in [1.807, 2.05) is 6.07 Å². The van der Waals surface area contributed by atoms with Gasteiger partial charge in [-0.25, -0.2) is 0 Å². The van der Waals surface area contributed by atoms with Crippen LogP contribution in [-0.4, -0.2) is 138 Å². The Morgan fingerprint density at radius 2 is 0.810 bits per heavy atom. The Bertz CT molecular complexity index is 2640. The summed E-state index contributed by atoms with van der Waals surface area (Å²) in [5, 5.41) is 15.4. The Kier molecular flexibility index (Phi) is 28.9. The molecule has 0 aliphatic carbocycles. The Morgan fingerprint density at radius 3 is 1.16 bits per heavy atom. The fourth-order valence-electron chi connectivity index (χ4n) is 6.72. The van der Waals surface area contributed by atoms with E-state index in [1.54, 1.807) is 83.1 Å². The zero-order valence-electron chi connectivity index (χ0n) is 44.6. The molecule has 6 rings (SSSR count). The second-order valence-electron chi connectivity index (χ2n) is 16.1. The van der Waals surface area contributed by atoms with E-state index in [9.17, 15) is 57.5 Å². The van der Waals surface area contributed by atoms with Gasteiger partial charge in [0.15, 0.2) is 0 Å². The lowest BCUT2D eigenvalue weighted by molar-refractivity contribution is -0.172. The minimum atomic E-state index is -1.71. The molecule has 28 heteroatoms. The van der Waals surface area contributed by atoms with Crippen LogP contribution in [0.25, 0.3) is 0 Å². The maximum atomic E-state index is 12.4. The molecule has 3 aromatic rings. The third-order valence-corrected chi connectivity index (χ3v) is 10.2. The van der Waals surface area contributed by atoms with E-state index in [1.165, 1.54) is 0 Å². The van der Waals surface area contributed by atoms with Crippen LogP contribution in [0, 0.1) is 17.8 Å². The van der Waals surface area contributed by atoms with Crippen molar-refractivity contribution >= 4 is 105 Å². The number of hydrogen-bond donors (Lipinski definition) is 10. The molecule has 3 aromatic carbocycles. The van der Waals surface area contributed by atoms with Gasteiger partial charge in [-0.2, -0.15) is 0 Å². The van der Waals surface area contributed by atoms with Crippen molar-refractivity contribution in [3.8, 4) is 0 Å². The van der Waals surface area contributed by atoms with Gasteiger partial charge >= 0.3 is 35.8 Å². The molecule has 0 saturated heterocycles. The number of nitrogens with two attached hydrogens (primary N) is 4. The summed E-state index contributed by atoms with van der Waals surface area (Å²) in [5.74, 6) is -13.4. The molecule has 6 amide bonds. The number of amides is 6. The first-order valence-electron chi connectivity index (χ1n) is 24.6. The van der Waals surface area contributed by atoms with E-state index >= 15 is 0 Å². The summed E-state index contributed by atoms with van der Waals surface area (Å²) in [4.78, 5) is 140. The van der Waals surface area contributed by atoms with E-state index in [4.69, 9.17) is 32.4 Å². The minimum Gasteiger partial charge on any atom is -0.468 e. The van der Waals surface area contributed by atoms with Gasteiger partial charge in [0.2, 0.25) is 47.3 Å². The predicted molar refractivity (Wildman–Crippen MR) is 284 cm³/mol. The van der Waals surface area contributed by atoms with Crippen molar-refractivity contribution < 1.29 is 86.0 Å². The molecule has 430 valence electrons. The van der Waals surface area contributed by atoms with E-state index in [0.29, 0.717) is 47.9 Å². The van der Waals surface area contributed by atoms with Crippen LogP contribution < -0.4 is 54.8 Å². The smallest absolute Gasteiger partial charge is 0.331 e. The summed E-state index contributed by atoms with van der Waals surface area (Å²) in [6, 6.07) is 15.1. The topological polar surface area (TPSA) is 436 Å². The SMILES string of the molecule is CCOC(=O)C(C(=O)NCCN)C(=O)Nc1ccc2c(c1)NC(=O)C2.CCOC(=O)C(C(=O)Nc1ccc2c(c1)NC(=O)C2)C(=O)OC.CCOC(=O)C(C(=O)OCC)C(=O)OCC.NCCN.Nc1ccc2c(c1)NC(=O)C2. The number of ether oxygens (including phenoxy) is 6. The molecule has 28 nitrogen and oxygen atoms in total. The fraction of sp³-hybridized carbons (Fsp3) is 0.412. The van der Waals surface area contributed by atoms with Crippen molar-refractivity contribution in [3.63, 3.8) is 0 Å². The molecule has 79 heavy (non-hydrogen) atoms. The molecule has 14 N–H and O–H groups in total. The summed E-state index contributed by atoms with van der Waals surface area (Å²) in [7, 11) is 1.08. The normalized spacial score (nSPS) is 12.6. The average Bonchev–Trinajstić information content (AvgIpc) is 4.10. The summed E-state index contributed by atoms with van der Waals surface area (Å²) in [6.45, 7) is 9.67. The van der Waals surface area contributed by atoms with Crippen LogP contribution in [0.15, 0.2) is 54.6 Å². The van der Waals surface area contributed by atoms with Crippen molar-refractivity contribution in [1.29, 1.82) is 0 Å². The molecule has 3 heterocycles. The first-order valence-corrected chi connectivity index (χ1v) is 24.6. The standard InChI is InChI=1S/C16H20N4O5.C15H16N2O6.C10H16O6.C8H8N2O.C2H8N2/c1-2-25-16(24)13(14(22)18-6-5-17)15(23)19-10-4-3-9-7-12(21)20-11(9)8-10;1-3-23-15(21)12(14(20)22-2)13(19)16-9-5-4-8-6-11(18)17-10(8)7-9;1-4-14-8(11)7(9(12)15-5-2)10(13)16-6-3;9-6-2-1-5-3-8(11)10-7(5)4-6;3-1-2-4/h3-4,8,13H,2,5-7,17H2,1H3,(H,18,22)(H,19,23)(H,20,21);4-5,7,12H,3,6H2,1-2H3,(H,16,19)(H,17,18);7H,4-6H2,1-3H3;1-2,4H,3,9H2,(H,10,11);1-4H2. The van der Waals surface area contributed by atoms with Gasteiger partial charge in [0.25, 0.3) is 5.92 Å². The van der Waals surface area contributed by atoms with Crippen LogP contribution in [0.4, 0.5) is 34.1 Å². The number of esters is 6. The average molecular weight is 1110 g/mol. The molecule has 3 aliphatic heterocycles. The highest BCUT2D eigenvalue weighted by molar-refractivity contribution is 6.20. The number of anilines is 6. The lowest BCUT2D eigenvalue weighted by Gasteiger charge is -2.15. The van der Waals surface area contributed by atoms with Crippen molar-refractivity contribution in [1.82, 2.24) is 5.32 Å². The van der Waals surface area contributed by atoms with E-state index < -0.39 is 71.3 Å². The van der Waals surface area contributed by atoms with E-state index in [0.717, 1.165) is 29.5 Å². The second kappa shape index (κ2) is 34.6. The molecular formula is C51H68N10O18. The minimum absolute atomic E-state index is 0.0322. The Balaban J connectivity index is 0.000000364. The quantitative estimate of drug-likeness (QED) is 0.0322. The summed E-state index contributed by atoms with van der Waals surface area (Å²) in [5.41, 5.74) is 26.7. The molecule has 0 bridgehead atoms. The number of nitrogen functional groups attached to an aromatic ring is 1. The molecule has 0 fully saturated rings. The highest BCUT2D eigenvalue weighted by Gasteiger charge is 2.39. The fourth-order valence-corrected chi connectivity index (χ4v) is 6.72. The number of methoxy groups -OCH3 is 1. The van der Waals surface area contributed by atoms with Crippen LogP contribution >= 0.6 is 0 Å². The molecule has 2 unspecified atom stereocenters. The number of benzene rings is 3. The maximum absolute atomic E-state index is 12.4. The first-order chi connectivity index (χ1) is 37.7.